The summed E-state index contributed by atoms with van der Waals surface area (Å²) in [6.45, 7) is 4.03. The molecule has 21 heavy (non-hydrogen) atoms. The van der Waals surface area contributed by atoms with E-state index in [-0.39, 0.29) is 10.9 Å². The highest BCUT2D eigenvalue weighted by Gasteiger charge is 2.28. The van der Waals surface area contributed by atoms with E-state index in [2.05, 4.69) is 20.9 Å². The Labute approximate surface area is 134 Å². The fourth-order valence-corrected chi connectivity index (χ4v) is 4.59. The van der Waals surface area contributed by atoms with Gasteiger partial charge < -0.3 is 0 Å². The molecule has 6 heteroatoms. The highest BCUT2D eigenvalue weighted by Crippen LogP contribution is 2.27. The number of halogens is 1. The smallest absolute Gasteiger partial charge is 0.244 e. The molecule has 0 aliphatic heterocycles. The second kappa shape index (κ2) is 6.68. The van der Waals surface area contributed by atoms with Crippen molar-refractivity contribution in [2.24, 2.45) is 0 Å². The number of benzene rings is 1. The number of hydrogen-bond donors (Lipinski definition) is 0. The first kappa shape index (κ1) is 16.1. The van der Waals surface area contributed by atoms with E-state index in [9.17, 15) is 8.42 Å². The first-order chi connectivity index (χ1) is 9.93. The zero-order chi connectivity index (χ0) is 15.5. The molecule has 0 fully saturated rings. The predicted molar refractivity (Wildman–Crippen MR) is 86.2 cm³/mol. The molecule has 0 spiro atoms. The molecule has 0 aliphatic carbocycles. The molecular weight excluding hydrogens is 352 g/mol. The van der Waals surface area contributed by atoms with E-state index in [0.717, 1.165) is 5.56 Å². The van der Waals surface area contributed by atoms with Crippen molar-refractivity contribution in [1.82, 2.24) is 9.29 Å². The van der Waals surface area contributed by atoms with Crippen molar-refractivity contribution >= 4 is 26.0 Å². The molecule has 0 amide bonds. The van der Waals surface area contributed by atoms with Crippen LogP contribution >= 0.6 is 15.9 Å². The Morgan fingerprint density at radius 3 is 2.48 bits per heavy atom. The summed E-state index contributed by atoms with van der Waals surface area (Å²) in [7, 11) is -3.57. The molecule has 2 rings (SSSR count). The molecule has 1 aromatic heterocycles. The van der Waals surface area contributed by atoms with Gasteiger partial charge in [-0.05, 0) is 53.5 Å². The summed E-state index contributed by atoms with van der Waals surface area (Å²) in [6, 6.07) is 10.4. The van der Waals surface area contributed by atoms with Gasteiger partial charge in [0.2, 0.25) is 10.0 Å². The summed E-state index contributed by atoms with van der Waals surface area (Å²) in [6.07, 6.45) is 3.36. The van der Waals surface area contributed by atoms with Crippen LogP contribution in [0.15, 0.2) is 58.2 Å². The largest absolute Gasteiger partial charge is 0.264 e. The predicted octanol–water partition coefficient (Wildman–Crippen LogP) is 3.44. The summed E-state index contributed by atoms with van der Waals surface area (Å²) in [4.78, 5) is 4.32. The number of pyridine rings is 1. The summed E-state index contributed by atoms with van der Waals surface area (Å²) >= 11 is 3.32. The van der Waals surface area contributed by atoms with Gasteiger partial charge in [-0.15, -0.1) is 0 Å². The third-order valence-electron chi connectivity index (χ3n) is 3.06. The fraction of sp³-hybridized carbons (Fsp3) is 0.267. The lowest BCUT2D eigenvalue weighted by molar-refractivity contribution is 0.347. The van der Waals surface area contributed by atoms with Crippen molar-refractivity contribution in [2.75, 3.05) is 0 Å². The van der Waals surface area contributed by atoms with E-state index in [1.54, 1.807) is 42.7 Å². The van der Waals surface area contributed by atoms with Crippen LogP contribution in [0.2, 0.25) is 0 Å². The average molecular weight is 369 g/mol. The molecule has 0 radical (unpaired) electrons. The standard InChI is InChI=1S/C15H17BrN2O2S/c1-12(2)18(11-13-6-5-9-17-10-13)21(19,20)15-8-4-3-7-14(15)16/h3-10,12H,11H2,1-2H3. The summed E-state index contributed by atoms with van der Waals surface area (Å²) in [5.41, 5.74) is 0.863. The van der Waals surface area contributed by atoms with E-state index < -0.39 is 10.0 Å². The maximum atomic E-state index is 12.9. The Bertz CT molecular complexity index is 703. The minimum Gasteiger partial charge on any atom is -0.264 e. The van der Waals surface area contributed by atoms with Crippen LogP contribution in [0.4, 0.5) is 0 Å². The zero-order valence-corrected chi connectivity index (χ0v) is 14.3. The highest BCUT2D eigenvalue weighted by atomic mass is 79.9. The number of nitrogens with zero attached hydrogens (tertiary/aromatic N) is 2. The lowest BCUT2D eigenvalue weighted by atomic mass is 10.2. The molecule has 0 aliphatic rings. The molecule has 1 heterocycles. The van der Waals surface area contributed by atoms with Crippen LogP contribution in [-0.2, 0) is 16.6 Å². The van der Waals surface area contributed by atoms with E-state index in [1.165, 1.54) is 4.31 Å². The second-order valence-corrected chi connectivity index (χ2v) is 7.65. The molecule has 4 nitrogen and oxygen atoms in total. The zero-order valence-electron chi connectivity index (χ0n) is 11.9. The van der Waals surface area contributed by atoms with Gasteiger partial charge in [-0.1, -0.05) is 18.2 Å². The van der Waals surface area contributed by atoms with Crippen LogP contribution < -0.4 is 0 Å². The molecule has 0 bridgehead atoms. The van der Waals surface area contributed by atoms with Gasteiger partial charge in [-0.25, -0.2) is 8.42 Å². The Hall–Kier alpha value is -1.24. The quantitative estimate of drug-likeness (QED) is 0.811. The van der Waals surface area contributed by atoms with Gasteiger partial charge in [0.1, 0.15) is 0 Å². The third-order valence-corrected chi connectivity index (χ3v) is 6.09. The van der Waals surface area contributed by atoms with Crippen LogP contribution in [0.3, 0.4) is 0 Å². The van der Waals surface area contributed by atoms with Gasteiger partial charge in [0.15, 0.2) is 0 Å². The molecule has 2 aromatic rings. The van der Waals surface area contributed by atoms with Gasteiger partial charge in [-0.3, -0.25) is 4.98 Å². The molecule has 0 unspecified atom stereocenters. The van der Waals surface area contributed by atoms with Gasteiger partial charge >= 0.3 is 0 Å². The van der Waals surface area contributed by atoms with Crippen LogP contribution in [-0.4, -0.2) is 23.7 Å². The maximum absolute atomic E-state index is 12.9. The van der Waals surface area contributed by atoms with E-state index in [4.69, 9.17) is 0 Å². The Morgan fingerprint density at radius 1 is 1.19 bits per heavy atom. The minimum absolute atomic E-state index is 0.151. The van der Waals surface area contributed by atoms with Crippen LogP contribution in [0.1, 0.15) is 19.4 Å². The number of aromatic nitrogens is 1. The normalized spacial score (nSPS) is 12.0. The summed E-state index contributed by atoms with van der Waals surface area (Å²) in [5, 5.41) is 0. The number of hydrogen-bond acceptors (Lipinski definition) is 3. The van der Waals surface area contributed by atoms with Crippen molar-refractivity contribution in [1.29, 1.82) is 0 Å². The van der Waals surface area contributed by atoms with Gasteiger partial charge in [-0.2, -0.15) is 4.31 Å². The van der Waals surface area contributed by atoms with Crippen LogP contribution in [0.25, 0.3) is 0 Å². The minimum atomic E-state index is -3.57. The molecule has 112 valence electrons. The topological polar surface area (TPSA) is 50.3 Å². The van der Waals surface area contributed by atoms with Gasteiger partial charge in [0.05, 0.1) is 4.90 Å². The lowest BCUT2D eigenvalue weighted by Gasteiger charge is -2.26. The molecule has 0 N–H and O–H groups in total. The molecular formula is C15H17BrN2O2S. The van der Waals surface area contributed by atoms with Gasteiger partial charge in [0, 0.05) is 29.5 Å². The Morgan fingerprint density at radius 2 is 1.90 bits per heavy atom. The van der Waals surface area contributed by atoms with Crippen molar-refractivity contribution < 1.29 is 8.42 Å². The van der Waals surface area contributed by atoms with E-state index in [0.29, 0.717) is 11.0 Å². The SMILES string of the molecule is CC(C)N(Cc1cccnc1)S(=O)(=O)c1ccccc1Br. The van der Waals surface area contributed by atoms with Crippen molar-refractivity contribution in [3.63, 3.8) is 0 Å². The lowest BCUT2D eigenvalue weighted by Crippen LogP contribution is -2.36. The fourth-order valence-electron chi connectivity index (χ4n) is 2.00. The number of rotatable bonds is 5. The maximum Gasteiger partial charge on any atom is 0.244 e. The summed E-state index contributed by atoms with van der Waals surface area (Å²) < 4.78 is 27.8. The summed E-state index contributed by atoms with van der Waals surface area (Å²) in [5.74, 6) is 0. The van der Waals surface area contributed by atoms with Crippen molar-refractivity contribution in [3.8, 4) is 0 Å². The van der Waals surface area contributed by atoms with E-state index >= 15 is 0 Å². The monoisotopic (exact) mass is 368 g/mol. The third kappa shape index (κ3) is 3.70. The first-order valence-electron chi connectivity index (χ1n) is 6.58. The molecule has 0 saturated heterocycles. The Kier molecular flexibility index (Phi) is 5.13. The van der Waals surface area contributed by atoms with Crippen LogP contribution in [0.5, 0.6) is 0 Å². The molecule has 0 atom stereocenters. The van der Waals surface area contributed by atoms with E-state index in [1.807, 2.05) is 19.9 Å². The first-order valence-corrected chi connectivity index (χ1v) is 8.81. The highest BCUT2D eigenvalue weighted by molar-refractivity contribution is 9.10. The second-order valence-electron chi connectivity index (χ2n) is 4.94. The molecule has 1 aromatic carbocycles. The van der Waals surface area contributed by atoms with Crippen molar-refractivity contribution in [2.45, 2.75) is 31.3 Å². The Balaban J connectivity index is 2.40. The van der Waals surface area contributed by atoms with Crippen molar-refractivity contribution in [3.05, 3.63) is 58.8 Å². The van der Waals surface area contributed by atoms with Gasteiger partial charge in [0.25, 0.3) is 0 Å². The average Bonchev–Trinajstić information content (AvgIpc) is 2.45. The number of sulfonamides is 1. The van der Waals surface area contributed by atoms with Crippen LogP contribution in [0, 0.1) is 0 Å². The molecule has 0 saturated carbocycles.